The van der Waals surface area contributed by atoms with Gasteiger partial charge in [0.25, 0.3) is 0 Å². The van der Waals surface area contributed by atoms with Crippen molar-refractivity contribution in [3.63, 3.8) is 0 Å². The Morgan fingerprint density at radius 1 is 1.22 bits per heavy atom. The van der Waals surface area contributed by atoms with Gasteiger partial charge in [-0.3, -0.25) is 9.59 Å². The minimum atomic E-state index is -0.942. The number of aliphatic hydroxyl groups is 1. The number of rotatable bonds is 3. The Morgan fingerprint density at radius 3 is 2.35 bits per heavy atom. The number of nitrogens with zero attached hydrogens (tertiary/aromatic N) is 2. The third-order valence-electron chi connectivity index (χ3n) is 3.24. The molecule has 2 rings (SSSR count). The third kappa shape index (κ3) is 2.98. The van der Waals surface area contributed by atoms with Crippen molar-refractivity contribution in [3.8, 4) is 0 Å². The lowest BCUT2D eigenvalue weighted by Crippen LogP contribution is -2.32. The molecule has 1 aromatic rings. The molecular weight excluding hydrogens is 300 g/mol. The molecule has 0 spiro atoms. The van der Waals surface area contributed by atoms with Crippen LogP contribution in [0, 0.1) is 0 Å². The zero-order valence-corrected chi connectivity index (χ0v) is 13.0. The number of hydrogen-bond acceptors (Lipinski definition) is 6. The molecule has 1 aliphatic carbocycles. The lowest BCUT2D eigenvalue weighted by molar-refractivity contribution is -0.127. The quantitative estimate of drug-likeness (QED) is 0.683. The highest BCUT2D eigenvalue weighted by molar-refractivity contribution is 6.35. The summed E-state index contributed by atoms with van der Waals surface area (Å²) in [5.74, 6) is -1.29. The van der Waals surface area contributed by atoms with Gasteiger partial charge in [0.15, 0.2) is 5.78 Å². The molecular formula is C16H16N2O5. The van der Waals surface area contributed by atoms with Crippen molar-refractivity contribution in [1.29, 1.82) is 0 Å². The van der Waals surface area contributed by atoms with Gasteiger partial charge in [0, 0.05) is 18.1 Å². The number of allylic oxidation sites excluding steroid dienone is 1. The monoisotopic (exact) mass is 316 g/mol. The molecule has 0 aromatic heterocycles. The molecule has 0 heterocycles. The van der Waals surface area contributed by atoms with E-state index in [2.05, 4.69) is 5.10 Å². The second-order valence-electron chi connectivity index (χ2n) is 4.81. The molecule has 1 aliphatic rings. The number of Topliss-reactive ketones (excluding diaryl/α,β-unsaturated/α-hetero) is 1. The summed E-state index contributed by atoms with van der Waals surface area (Å²) in [5.41, 5.74) is 0.751. The van der Waals surface area contributed by atoms with E-state index in [1.54, 1.807) is 31.2 Å². The first-order valence-corrected chi connectivity index (χ1v) is 6.98. The van der Waals surface area contributed by atoms with Crippen LogP contribution in [0.4, 0.5) is 4.79 Å². The van der Waals surface area contributed by atoms with Gasteiger partial charge in [-0.25, -0.2) is 4.79 Å². The smallest absolute Gasteiger partial charge is 0.437 e. The Hall–Kier alpha value is -2.96. The molecule has 0 radical (unpaired) electrons. The van der Waals surface area contributed by atoms with E-state index >= 15 is 0 Å². The minimum absolute atomic E-state index is 0.0400. The topological polar surface area (TPSA) is 96.3 Å². The Morgan fingerprint density at radius 2 is 1.83 bits per heavy atom. The maximum atomic E-state index is 12.4. The van der Waals surface area contributed by atoms with E-state index in [0.29, 0.717) is 16.1 Å². The van der Waals surface area contributed by atoms with Crippen LogP contribution in [-0.4, -0.2) is 40.2 Å². The molecule has 120 valence electrons. The average molecular weight is 316 g/mol. The fourth-order valence-electron chi connectivity index (χ4n) is 2.22. The molecule has 7 nitrogen and oxygen atoms in total. The molecule has 1 aromatic carbocycles. The highest BCUT2D eigenvalue weighted by atomic mass is 16.6. The number of amides is 2. The van der Waals surface area contributed by atoms with Crippen molar-refractivity contribution in [2.24, 2.45) is 5.10 Å². The number of hydrazone groups is 1. The summed E-state index contributed by atoms with van der Waals surface area (Å²) in [6.07, 6.45) is -0.942. The van der Waals surface area contributed by atoms with E-state index < -0.39 is 17.8 Å². The maximum Gasteiger partial charge on any atom is 0.437 e. The number of benzene rings is 1. The van der Waals surface area contributed by atoms with E-state index in [0.717, 1.165) is 6.92 Å². The van der Waals surface area contributed by atoms with E-state index in [4.69, 9.17) is 4.74 Å². The van der Waals surface area contributed by atoms with Gasteiger partial charge in [0.2, 0.25) is 5.91 Å². The largest absolute Gasteiger partial charge is 0.506 e. The summed E-state index contributed by atoms with van der Waals surface area (Å²) in [6.45, 7) is 4.26. The summed E-state index contributed by atoms with van der Waals surface area (Å²) >= 11 is 0. The molecule has 7 heteroatoms. The van der Waals surface area contributed by atoms with Crippen LogP contribution in [0.25, 0.3) is 5.76 Å². The van der Waals surface area contributed by atoms with Crippen molar-refractivity contribution in [2.45, 2.75) is 20.8 Å². The van der Waals surface area contributed by atoms with Crippen LogP contribution in [-0.2, 0) is 9.53 Å². The summed E-state index contributed by atoms with van der Waals surface area (Å²) in [5, 5.41) is 14.6. The molecule has 0 fully saturated rings. The Kier molecular flexibility index (Phi) is 4.59. The lowest BCUT2D eigenvalue weighted by atomic mass is 10.1. The zero-order valence-electron chi connectivity index (χ0n) is 13.0. The molecule has 0 bridgehead atoms. The second-order valence-corrected chi connectivity index (χ2v) is 4.81. The van der Waals surface area contributed by atoms with E-state index in [9.17, 15) is 19.5 Å². The highest BCUT2D eigenvalue weighted by Crippen LogP contribution is 2.31. The lowest BCUT2D eigenvalue weighted by Gasteiger charge is -2.14. The highest BCUT2D eigenvalue weighted by Gasteiger charge is 2.32. The number of carbonyl (C=O) groups excluding carboxylic acids is 3. The van der Waals surface area contributed by atoms with Gasteiger partial charge in [-0.15, -0.1) is 5.01 Å². The van der Waals surface area contributed by atoms with Crippen molar-refractivity contribution < 1.29 is 24.2 Å². The maximum absolute atomic E-state index is 12.4. The third-order valence-corrected chi connectivity index (χ3v) is 3.24. The minimum Gasteiger partial charge on any atom is -0.506 e. The van der Waals surface area contributed by atoms with E-state index in [1.807, 2.05) is 0 Å². The van der Waals surface area contributed by atoms with Crippen molar-refractivity contribution in [2.75, 3.05) is 6.61 Å². The van der Waals surface area contributed by atoms with E-state index in [1.165, 1.54) is 6.92 Å². The molecule has 0 saturated carbocycles. The molecule has 0 saturated heterocycles. The number of carbonyl (C=O) groups is 3. The molecule has 2 amide bonds. The second kappa shape index (κ2) is 6.43. The van der Waals surface area contributed by atoms with Crippen LogP contribution in [0.15, 0.2) is 34.9 Å². The van der Waals surface area contributed by atoms with Gasteiger partial charge in [0.1, 0.15) is 5.76 Å². The summed E-state index contributed by atoms with van der Waals surface area (Å²) < 4.78 is 4.74. The van der Waals surface area contributed by atoms with Crippen LogP contribution >= 0.6 is 0 Å². The van der Waals surface area contributed by atoms with Crippen LogP contribution < -0.4 is 0 Å². The predicted molar refractivity (Wildman–Crippen MR) is 83.0 cm³/mol. The number of fused-ring (bicyclic) bond motifs is 1. The molecule has 0 unspecified atom stereocenters. The molecule has 1 N–H and O–H groups in total. The van der Waals surface area contributed by atoms with Crippen molar-refractivity contribution in [3.05, 3.63) is 41.0 Å². The molecule has 0 atom stereocenters. The summed E-state index contributed by atoms with van der Waals surface area (Å²) in [6, 6.07) is 6.57. The average Bonchev–Trinajstić information content (AvgIpc) is 2.76. The molecule has 23 heavy (non-hydrogen) atoms. The Bertz CT molecular complexity index is 749. The number of ether oxygens (including phenoxy) is 1. The van der Waals surface area contributed by atoms with Crippen LogP contribution in [0.1, 0.15) is 36.7 Å². The number of hydrogen-bond donors (Lipinski definition) is 1. The Labute approximate surface area is 132 Å². The summed E-state index contributed by atoms with van der Waals surface area (Å²) in [7, 11) is 0. The van der Waals surface area contributed by atoms with Gasteiger partial charge in [0.05, 0.1) is 17.9 Å². The van der Waals surface area contributed by atoms with Crippen LogP contribution in [0.2, 0.25) is 0 Å². The summed E-state index contributed by atoms with van der Waals surface area (Å²) in [4.78, 5) is 35.7. The van der Waals surface area contributed by atoms with E-state index in [-0.39, 0.29) is 23.7 Å². The first kappa shape index (κ1) is 16.4. The Balaban J connectivity index is 2.42. The van der Waals surface area contributed by atoms with Crippen LogP contribution in [0.5, 0.6) is 0 Å². The fourth-order valence-corrected chi connectivity index (χ4v) is 2.22. The van der Waals surface area contributed by atoms with Crippen LogP contribution in [0.3, 0.4) is 0 Å². The number of imide groups is 1. The number of aliphatic hydroxyl groups excluding tert-OH is 1. The predicted octanol–water partition coefficient (Wildman–Crippen LogP) is 2.53. The van der Waals surface area contributed by atoms with Gasteiger partial charge >= 0.3 is 6.09 Å². The standard InChI is InChI=1S/C16H16N2O5/c1-4-23-16(22)18(10(3)19)17-9(2)13-14(20)11-7-5-6-8-12(11)15(13)21/h5-8,20H,4H2,1-3H3. The zero-order chi connectivity index (χ0) is 17.1. The fraction of sp³-hybridized carbons (Fsp3) is 0.250. The van der Waals surface area contributed by atoms with Gasteiger partial charge < -0.3 is 9.84 Å². The van der Waals surface area contributed by atoms with Gasteiger partial charge in [-0.2, -0.15) is 5.10 Å². The first-order valence-electron chi connectivity index (χ1n) is 6.98. The van der Waals surface area contributed by atoms with Crippen molar-refractivity contribution in [1.82, 2.24) is 5.01 Å². The molecule has 0 aliphatic heterocycles. The first-order chi connectivity index (χ1) is 10.9. The van der Waals surface area contributed by atoms with Gasteiger partial charge in [-0.05, 0) is 13.8 Å². The SMILES string of the molecule is CCOC(=O)N(N=C(C)C1=C(O)c2ccccc2C1=O)C(C)=O. The van der Waals surface area contributed by atoms with Gasteiger partial charge in [-0.1, -0.05) is 24.3 Å². The number of ketones is 1. The normalized spacial score (nSPS) is 13.9. The van der Waals surface area contributed by atoms with Crippen molar-refractivity contribution >= 4 is 29.3 Å².